The van der Waals surface area contributed by atoms with Crippen molar-refractivity contribution in [3.63, 3.8) is 0 Å². The number of ether oxygens (including phenoxy) is 1. The first-order valence-corrected chi connectivity index (χ1v) is 8.44. The number of rotatable bonds is 5. The summed E-state index contributed by atoms with van der Waals surface area (Å²) in [7, 11) is 0. The summed E-state index contributed by atoms with van der Waals surface area (Å²) in [6.07, 6.45) is 3.39. The van der Waals surface area contributed by atoms with E-state index in [-0.39, 0.29) is 18.4 Å². The van der Waals surface area contributed by atoms with E-state index in [2.05, 4.69) is 16.7 Å². The lowest BCUT2D eigenvalue weighted by Gasteiger charge is -2.12. The molecule has 0 saturated carbocycles. The molecule has 0 radical (unpaired) electrons. The summed E-state index contributed by atoms with van der Waals surface area (Å²) in [5.41, 5.74) is 4.92. The van der Waals surface area contributed by atoms with E-state index >= 15 is 0 Å². The molecule has 0 spiro atoms. The van der Waals surface area contributed by atoms with Gasteiger partial charge in [0.05, 0.1) is 0 Å². The minimum Gasteiger partial charge on any atom is -0.484 e. The first-order valence-electron chi connectivity index (χ1n) is 8.44. The van der Waals surface area contributed by atoms with Crippen LogP contribution in [0.1, 0.15) is 30.0 Å². The molecule has 3 rings (SSSR count). The van der Waals surface area contributed by atoms with E-state index in [1.807, 2.05) is 25.1 Å². The van der Waals surface area contributed by atoms with Crippen LogP contribution < -0.4 is 15.4 Å². The third kappa shape index (κ3) is 4.38. The Labute approximate surface area is 147 Å². The van der Waals surface area contributed by atoms with Crippen molar-refractivity contribution in [1.29, 1.82) is 0 Å². The number of hydrogen-bond donors (Lipinski definition) is 2. The van der Waals surface area contributed by atoms with E-state index in [1.165, 1.54) is 24.5 Å². The summed E-state index contributed by atoms with van der Waals surface area (Å²) in [4.78, 5) is 23.3. The smallest absolute Gasteiger partial charge is 0.262 e. The SMILES string of the molecule is CC(=O)Nc1ccc(C)c(NC(=O)COc2ccc3c(c2)CCC3)c1. The van der Waals surface area contributed by atoms with E-state index in [1.54, 1.807) is 12.1 Å². The zero-order valence-corrected chi connectivity index (χ0v) is 14.5. The number of fused-ring (bicyclic) bond motifs is 1. The molecule has 0 unspecified atom stereocenters. The van der Waals surface area contributed by atoms with Gasteiger partial charge in [0.15, 0.2) is 6.61 Å². The van der Waals surface area contributed by atoms with Crippen molar-refractivity contribution in [2.45, 2.75) is 33.1 Å². The minimum absolute atomic E-state index is 0.0530. The van der Waals surface area contributed by atoms with E-state index in [0.29, 0.717) is 11.4 Å². The highest BCUT2D eigenvalue weighted by atomic mass is 16.5. The van der Waals surface area contributed by atoms with Crippen molar-refractivity contribution in [3.05, 3.63) is 53.1 Å². The lowest BCUT2D eigenvalue weighted by molar-refractivity contribution is -0.118. The summed E-state index contributed by atoms with van der Waals surface area (Å²) in [6, 6.07) is 11.4. The summed E-state index contributed by atoms with van der Waals surface area (Å²) >= 11 is 0. The van der Waals surface area contributed by atoms with Gasteiger partial charge in [0.25, 0.3) is 5.91 Å². The molecule has 0 saturated heterocycles. The molecule has 0 heterocycles. The van der Waals surface area contributed by atoms with Crippen LogP contribution in [0.2, 0.25) is 0 Å². The molecule has 2 amide bonds. The molecule has 5 heteroatoms. The van der Waals surface area contributed by atoms with Crippen LogP contribution in [-0.2, 0) is 22.4 Å². The molecule has 0 aromatic heterocycles. The Morgan fingerprint density at radius 2 is 1.84 bits per heavy atom. The van der Waals surface area contributed by atoms with Gasteiger partial charge in [-0.1, -0.05) is 12.1 Å². The van der Waals surface area contributed by atoms with Crippen molar-refractivity contribution in [3.8, 4) is 5.75 Å². The fraction of sp³-hybridized carbons (Fsp3) is 0.300. The Morgan fingerprint density at radius 3 is 2.64 bits per heavy atom. The summed E-state index contributed by atoms with van der Waals surface area (Å²) < 4.78 is 5.62. The van der Waals surface area contributed by atoms with Crippen molar-refractivity contribution in [1.82, 2.24) is 0 Å². The number of benzene rings is 2. The first-order chi connectivity index (χ1) is 12.0. The second-order valence-corrected chi connectivity index (χ2v) is 6.33. The standard InChI is InChI=1S/C20H22N2O3/c1-13-6-8-17(21-14(2)23)11-19(13)22-20(24)12-25-18-9-7-15-4-3-5-16(15)10-18/h6-11H,3-5,12H2,1-2H3,(H,21,23)(H,22,24). The molecule has 25 heavy (non-hydrogen) atoms. The van der Waals surface area contributed by atoms with Crippen LogP contribution in [0.25, 0.3) is 0 Å². The fourth-order valence-electron chi connectivity index (χ4n) is 3.01. The number of amides is 2. The van der Waals surface area contributed by atoms with E-state index in [4.69, 9.17) is 4.74 Å². The Hall–Kier alpha value is -2.82. The van der Waals surface area contributed by atoms with Gasteiger partial charge in [-0.25, -0.2) is 0 Å². The molecule has 2 N–H and O–H groups in total. The van der Waals surface area contributed by atoms with Crippen molar-refractivity contribution >= 4 is 23.2 Å². The van der Waals surface area contributed by atoms with Crippen molar-refractivity contribution in [2.24, 2.45) is 0 Å². The maximum Gasteiger partial charge on any atom is 0.262 e. The molecule has 0 bridgehead atoms. The zero-order valence-electron chi connectivity index (χ0n) is 14.5. The number of carbonyl (C=O) groups is 2. The van der Waals surface area contributed by atoms with E-state index < -0.39 is 0 Å². The Bertz CT molecular complexity index is 815. The molecule has 1 aliphatic carbocycles. The van der Waals surface area contributed by atoms with Gasteiger partial charge in [-0.05, 0) is 67.1 Å². The third-order valence-corrected chi connectivity index (χ3v) is 4.27. The molecular weight excluding hydrogens is 316 g/mol. The van der Waals surface area contributed by atoms with Crippen LogP contribution >= 0.6 is 0 Å². The molecule has 5 nitrogen and oxygen atoms in total. The number of carbonyl (C=O) groups excluding carboxylic acids is 2. The second kappa shape index (κ2) is 7.38. The molecule has 0 aliphatic heterocycles. The van der Waals surface area contributed by atoms with Gasteiger partial charge in [-0.3, -0.25) is 9.59 Å². The molecule has 1 aliphatic rings. The quantitative estimate of drug-likeness (QED) is 0.877. The number of hydrogen-bond acceptors (Lipinski definition) is 3. The lowest BCUT2D eigenvalue weighted by atomic mass is 10.1. The van der Waals surface area contributed by atoms with Crippen LogP contribution in [-0.4, -0.2) is 18.4 Å². The Morgan fingerprint density at radius 1 is 1.04 bits per heavy atom. The van der Waals surface area contributed by atoms with Crippen LogP contribution in [0.5, 0.6) is 5.75 Å². The maximum absolute atomic E-state index is 12.2. The summed E-state index contributed by atoms with van der Waals surface area (Å²) in [5.74, 6) is 0.337. The zero-order chi connectivity index (χ0) is 17.8. The van der Waals surface area contributed by atoms with Crippen molar-refractivity contribution < 1.29 is 14.3 Å². The highest BCUT2D eigenvalue weighted by Gasteiger charge is 2.12. The predicted molar refractivity (Wildman–Crippen MR) is 98.1 cm³/mol. The molecule has 2 aromatic carbocycles. The number of nitrogens with one attached hydrogen (secondary N) is 2. The highest BCUT2D eigenvalue weighted by Crippen LogP contribution is 2.26. The molecular formula is C20H22N2O3. The van der Waals surface area contributed by atoms with Crippen LogP contribution in [0.3, 0.4) is 0 Å². The average molecular weight is 338 g/mol. The molecule has 2 aromatic rings. The molecule has 0 atom stereocenters. The first kappa shape index (κ1) is 17.0. The predicted octanol–water partition coefficient (Wildman–Crippen LogP) is 3.46. The lowest BCUT2D eigenvalue weighted by Crippen LogP contribution is -2.21. The van der Waals surface area contributed by atoms with Gasteiger partial charge in [-0.2, -0.15) is 0 Å². The Balaban J connectivity index is 1.60. The Kier molecular flexibility index (Phi) is 5.03. The van der Waals surface area contributed by atoms with Gasteiger partial charge >= 0.3 is 0 Å². The topological polar surface area (TPSA) is 67.4 Å². The minimum atomic E-state index is -0.233. The van der Waals surface area contributed by atoms with Gasteiger partial charge in [-0.15, -0.1) is 0 Å². The summed E-state index contributed by atoms with van der Waals surface area (Å²) in [6.45, 7) is 3.29. The van der Waals surface area contributed by atoms with Gasteiger partial charge in [0, 0.05) is 18.3 Å². The maximum atomic E-state index is 12.2. The van der Waals surface area contributed by atoms with Crippen molar-refractivity contribution in [2.75, 3.05) is 17.2 Å². The van der Waals surface area contributed by atoms with Gasteiger partial charge < -0.3 is 15.4 Å². The van der Waals surface area contributed by atoms with Crippen LogP contribution in [0.15, 0.2) is 36.4 Å². The molecule has 0 fully saturated rings. The number of aryl methyl sites for hydroxylation is 3. The van der Waals surface area contributed by atoms with Crippen LogP contribution in [0.4, 0.5) is 11.4 Å². The monoisotopic (exact) mass is 338 g/mol. The van der Waals surface area contributed by atoms with Gasteiger partial charge in [0.1, 0.15) is 5.75 Å². The molecule has 130 valence electrons. The normalized spacial score (nSPS) is 12.4. The third-order valence-electron chi connectivity index (χ3n) is 4.27. The number of anilines is 2. The average Bonchev–Trinajstić information content (AvgIpc) is 3.03. The summed E-state index contributed by atoms with van der Waals surface area (Å²) in [5, 5.41) is 5.54. The largest absolute Gasteiger partial charge is 0.484 e. The van der Waals surface area contributed by atoms with Gasteiger partial charge in [0.2, 0.25) is 5.91 Å². The van der Waals surface area contributed by atoms with E-state index in [0.717, 1.165) is 24.2 Å². The van der Waals surface area contributed by atoms with Crippen LogP contribution in [0, 0.1) is 6.92 Å². The fourth-order valence-corrected chi connectivity index (χ4v) is 3.01. The second-order valence-electron chi connectivity index (χ2n) is 6.33. The highest BCUT2D eigenvalue weighted by molar-refractivity contribution is 5.94. The van der Waals surface area contributed by atoms with E-state index in [9.17, 15) is 9.59 Å².